The largest absolute Gasteiger partial charge is 0.419 e. The molecular weight excluding hydrogens is 298 g/mol. The molecule has 124 valence electrons. The molecule has 7 heteroatoms. The van der Waals surface area contributed by atoms with Gasteiger partial charge in [0.1, 0.15) is 0 Å². The number of urea groups is 1. The van der Waals surface area contributed by atoms with Crippen LogP contribution in [0.15, 0.2) is 27.4 Å². The molecule has 2 heterocycles. The number of carbonyl (C=O) groups is 1. The molecule has 7 nitrogen and oxygen atoms in total. The maximum Gasteiger partial charge on any atom is 0.419 e. The van der Waals surface area contributed by atoms with Crippen LogP contribution in [0.1, 0.15) is 26.7 Å². The molecule has 0 aliphatic carbocycles. The summed E-state index contributed by atoms with van der Waals surface area (Å²) in [5.41, 5.74) is 0.710. The highest BCUT2D eigenvalue weighted by molar-refractivity contribution is 5.92. The topological polar surface area (TPSA) is 87.7 Å². The molecule has 0 saturated carbocycles. The lowest BCUT2D eigenvalue weighted by Crippen LogP contribution is -2.49. The van der Waals surface area contributed by atoms with Crippen molar-refractivity contribution in [2.75, 3.05) is 11.9 Å². The first-order valence-electron chi connectivity index (χ1n) is 7.67. The van der Waals surface area contributed by atoms with Crippen molar-refractivity contribution in [2.45, 2.75) is 38.3 Å². The van der Waals surface area contributed by atoms with Crippen LogP contribution in [0, 0.1) is 0 Å². The summed E-state index contributed by atoms with van der Waals surface area (Å²) in [6, 6.07) is 4.62. The third-order valence-corrected chi connectivity index (χ3v) is 4.37. The zero-order valence-corrected chi connectivity index (χ0v) is 13.5. The zero-order valence-electron chi connectivity index (χ0n) is 13.5. The van der Waals surface area contributed by atoms with E-state index in [4.69, 9.17) is 4.42 Å². The highest BCUT2D eigenvalue weighted by Crippen LogP contribution is 2.27. The van der Waals surface area contributed by atoms with Crippen LogP contribution in [0.25, 0.3) is 11.1 Å². The van der Waals surface area contributed by atoms with Crippen molar-refractivity contribution in [3.8, 4) is 0 Å². The van der Waals surface area contributed by atoms with Crippen molar-refractivity contribution in [1.82, 2.24) is 9.47 Å². The molecule has 1 aromatic heterocycles. The van der Waals surface area contributed by atoms with Crippen LogP contribution in [-0.4, -0.2) is 38.8 Å². The summed E-state index contributed by atoms with van der Waals surface area (Å²) >= 11 is 0. The normalized spacial score (nSPS) is 18.6. The lowest BCUT2D eigenvalue weighted by molar-refractivity contribution is 0.0117. The van der Waals surface area contributed by atoms with E-state index >= 15 is 0 Å². The van der Waals surface area contributed by atoms with Crippen LogP contribution in [0.5, 0.6) is 0 Å². The van der Waals surface area contributed by atoms with Crippen molar-refractivity contribution in [1.29, 1.82) is 0 Å². The predicted octanol–water partition coefficient (Wildman–Crippen LogP) is 1.90. The van der Waals surface area contributed by atoms with Crippen molar-refractivity contribution in [3.05, 3.63) is 28.7 Å². The Morgan fingerprint density at radius 3 is 2.87 bits per heavy atom. The van der Waals surface area contributed by atoms with E-state index in [1.165, 1.54) is 4.57 Å². The van der Waals surface area contributed by atoms with Crippen LogP contribution >= 0.6 is 0 Å². The van der Waals surface area contributed by atoms with E-state index in [1.807, 2.05) is 0 Å². The van der Waals surface area contributed by atoms with Crippen LogP contribution < -0.4 is 11.1 Å². The maximum atomic E-state index is 12.5. The Hall–Kier alpha value is -2.28. The lowest BCUT2D eigenvalue weighted by Gasteiger charge is -2.33. The maximum absolute atomic E-state index is 12.5. The van der Waals surface area contributed by atoms with Gasteiger partial charge in [0.2, 0.25) is 0 Å². The van der Waals surface area contributed by atoms with E-state index in [2.05, 4.69) is 5.32 Å². The first-order valence-corrected chi connectivity index (χ1v) is 7.67. The number of rotatable bonds is 2. The third-order valence-electron chi connectivity index (χ3n) is 4.37. The van der Waals surface area contributed by atoms with E-state index in [9.17, 15) is 14.7 Å². The number of aliphatic hydroxyl groups is 1. The van der Waals surface area contributed by atoms with Crippen molar-refractivity contribution in [2.24, 2.45) is 7.05 Å². The van der Waals surface area contributed by atoms with Gasteiger partial charge in [0, 0.05) is 25.3 Å². The SMILES string of the molecule is Cn1c(=O)oc2cc(NC(=O)N3CCCC3C(C)(C)O)ccc21. The first kappa shape index (κ1) is 15.6. The molecule has 2 N–H and O–H groups in total. The second-order valence-corrected chi connectivity index (χ2v) is 6.54. The summed E-state index contributed by atoms with van der Waals surface area (Å²) < 4.78 is 6.53. The third kappa shape index (κ3) is 2.84. The number of carbonyl (C=O) groups excluding carboxylic acids is 1. The first-order chi connectivity index (χ1) is 10.8. The number of hydrogen-bond acceptors (Lipinski definition) is 4. The number of hydrogen-bond donors (Lipinski definition) is 2. The molecule has 23 heavy (non-hydrogen) atoms. The number of aryl methyl sites for hydroxylation is 1. The van der Waals surface area contributed by atoms with Crippen LogP contribution in [0.2, 0.25) is 0 Å². The molecule has 1 fully saturated rings. The van der Waals surface area contributed by atoms with Gasteiger partial charge in [0.15, 0.2) is 5.58 Å². The quantitative estimate of drug-likeness (QED) is 0.885. The number of aromatic nitrogens is 1. The number of nitrogens with zero attached hydrogens (tertiary/aromatic N) is 2. The Balaban J connectivity index is 1.81. The molecule has 1 aliphatic rings. The summed E-state index contributed by atoms with van der Waals surface area (Å²) in [6.45, 7) is 4.05. The summed E-state index contributed by atoms with van der Waals surface area (Å²) in [7, 11) is 1.63. The average Bonchev–Trinajstić information content (AvgIpc) is 3.05. The molecule has 1 unspecified atom stereocenters. The van der Waals surface area contributed by atoms with Gasteiger partial charge in [-0.3, -0.25) is 4.57 Å². The Labute approximate surface area is 133 Å². The number of amides is 2. The van der Waals surface area contributed by atoms with E-state index in [0.717, 1.165) is 12.8 Å². The highest BCUT2D eigenvalue weighted by atomic mass is 16.4. The van der Waals surface area contributed by atoms with Gasteiger partial charge >= 0.3 is 11.8 Å². The Morgan fingerprint density at radius 1 is 1.43 bits per heavy atom. The average molecular weight is 319 g/mol. The molecule has 1 aliphatic heterocycles. The van der Waals surface area contributed by atoms with Gasteiger partial charge in [-0.15, -0.1) is 0 Å². The smallest absolute Gasteiger partial charge is 0.408 e. The zero-order chi connectivity index (χ0) is 16.8. The molecule has 2 aromatic rings. The summed E-state index contributed by atoms with van der Waals surface area (Å²) in [5.74, 6) is -0.440. The van der Waals surface area contributed by atoms with Crippen molar-refractivity contribution >= 4 is 22.8 Å². The Morgan fingerprint density at radius 2 is 2.17 bits per heavy atom. The fourth-order valence-corrected chi connectivity index (χ4v) is 3.15. The monoisotopic (exact) mass is 319 g/mol. The standard InChI is InChI=1S/C16H21N3O4/c1-16(2,22)13-5-4-8-19(13)14(20)17-10-6-7-11-12(9-10)23-15(21)18(11)3/h6-7,9,13,22H,4-5,8H2,1-3H3,(H,17,20). The molecular formula is C16H21N3O4. The molecule has 0 bridgehead atoms. The second-order valence-electron chi connectivity index (χ2n) is 6.54. The highest BCUT2D eigenvalue weighted by Gasteiger charge is 2.38. The number of likely N-dealkylation sites (tertiary alicyclic amines) is 1. The van der Waals surface area contributed by atoms with E-state index in [-0.39, 0.29) is 12.1 Å². The number of fused-ring (bicyclic) bond motifs is 1. The number of oxazole rings is 1. The van der Waals surface area contributed by atoms with Crippen molar-refractivity contribution in [3.63, 3.8) is 0 Å². The lowest BCUT2D eigenvalue weighted by atomic mass is 9.97. The van der Waals surface area contributed by atoms with Gasteiger partial charge < -0.3 is 19.7 Å². The molecule has 3 rings (SSSR count). The minimum atomic E-state index is -0.940. The predicted molar refractivity (Wildman–Crippen MR) is 86.5 cm³/mol. The summed E-state index contributed by atoms with van der Waals surface area (Å²) in [6.07, 6.45) is 1.65. The second kappa shape index (κ2) is 5.42. The van der Waals surface area contributed by atoms with Crippen LogP contribution in [0.3, 0.4) is 0 Å². The minimum absolute atomic E-state index is 0.208. The number of anilines is 1. The van der Waals surface area contributed by atoms with Gasteiger partial charge in [-0.1, -0.05) is 0 Å². The molecule has 2 amide bonds. The van der Waals surface area contributed by atoms with E-state index in [1.54, 1.807) is 44.0 Å². The Kier molecular flexibility index (Phi) is 3.68. The number of nitrogens with one attached hydrogen (secondary N) is 1. The number of benzene rings is 1. The Bertz CT molecular complexity index is 800. The van der Waals surface area contributed by atoms with Gasteiger partial charge in [0.25, 0.3) is 0 Å². The van der Waals surface area contributed by atoms with Crippen LogP contribution in [-0.2, 0) is 7.05 Å². The fourth-order valence-electron chi connectivity index (χ4n) is 3.15. The van der Waals surface area contributed by atoms with Crippen LogP contribution in [0.4, 0.5) is 10.5 Å². The van der Waals surface area contributed by atoms with Gasteiger partial charge in [0.05, 0.1) is 17.2 Å². The summed E-state index contributed by atoms with van der Waals surface area (Å²) in [5, 5.41) is 13.0. The molecule has 0 spiro atoms. The summed E-state index contributed by atoms with van der Waals surface area (Å²) in [4.78, 5) is 25.7. The fraction of sp³-hybridized carbons (Fsp3) is 0.500. The molecule has 1 aromatic carbocycles. The van der Waals surface area contributed by atoms with E-state index < -0.39 is 11.4 Å². The van der Waals surface area contributed by atoms with E-state index in [0.29, 0.717) is 23.3 Å². The van der Waals surface area contributed by atoms with Gasteiger partial charge in [-0.2, -0.15) is 0 Å². The molecule has 1 saturated heterocycles. The van der Waals surface area contributed by atoms with Gasteiger partial charge in [-0.05, 0) is 38.8 Å². The molecule has 1 atom stereocenters. The molecule has 0 radical (unpaired) electrons. The van der Waals surface area contributed by atoms with Gasteiger partial charge in [-0.25, -0.2) is 9.59 Å². The van der Waals surface area contributed by atoms with Crippen molar-refractivity contribution < 1.29 is 14.3 Å². The minimum Gasteiger partial charge on any atom is -0.408 e.